The molecule has 2 amide bonds. The number of hydrogen-bond donors (Lipinski definition) is 2. The number of carbonyl (C=O) groups is 3. The molecule has 7 nitrogen and oxygen atoms in total. The van der Waals surface area contributed by atoms with Gasteiger partial charge in [-0.3, -0.25) is 19.3 Å². The molecule has 0 aliphatic carbocycles. The van der Waals surface area contributed by atoms with Gasteiger partial charge >= 0.3 is 5.97 Å². The molecule has 0 fully saturated rings. The van der Waals surface area contributed by atoms with Crippen molar-refractivity contribution in [3.05, 3.63) is 83.9 Å². The number of hydrogen-bond acceptors (Lipinski definition) is 4. The first-order chi connectivity index (χ1) is 16.3. The number of amides is 2. The summed E-state index contributed by atoms with van der Waals surface area (Å²) in [4.78, 5) is 38.7. The number of nitrogens with zero attached hydrogens (tertiary/aromatic N) is 1. The first-order valence-corrected chi connectivity index (χ1v) is 11.1. The zero-order valence-corrected chi connectivity index (χ0v) is 19.0. The number of para-hydroxylation sites is 2. The van der Waals surface area contributed by atoms with E-state index in [0.717, 1.165) is 16.7 Å². The van der Waals surface area contributed by atoms with Crippen molar-refractivity contribution in [1.82, 2.24) is 5.32 Å². The summed E-state index contributed by atoms with van der Waals surface area (Å²) in [6.07, 6.45) is -1.00. The van der Waals surface area contributed by atoms with Gasteiger partial charge in [0, 0.05) is 0 Å². The summed E-state index contributed by atoms with van der Waals surface area (Å²) in [5.41, 5.74) is 4.26. The first kappa shape index (κ1) is 23.0. The van der Waals surface area contributed by atoms with Gasteiger partial charge in [0.2, 0.25) is 5.91 Å². The summed E-state index contributed by atoms with van der Waals surface area (Å²) in [6, 6.07) is 21.7. The first-order valence-electron chi connectivity index (χ1n) is 11.1. The van der Waals surface area contributed by atoms with Gasteiger partial charge in [-0.1, -0.05) is 54.6 Å². The molecule has 3 aromatic rings. The number of ether oxygens (including phenoxy) is 1. The Balaban J connectivity index is 1.57. The number of carboxylic acids is 1. The maximum atomic E-state index is 13.0. The summed E-state index contributed by atoms with van der Waals surface area (Å²) in [5, 5.41) is 12.3. The molecule has 2 N–H and O–H groups in total. The average Bonchev–Trinajstić information content (AvgIpc) is 2.81. The van der Waals surface area contributed by atoms with Gasteiger partial charge in [0.05, 0.1) is 18.2 Å². The Labute approximate surface area is 198 Å². The van der Waals surface area contributed by atoms with Crippen LogP contribution in [-0.2, 0) is 14.4 Å². The minimum Gasteiger partial charge on any atom is -0.481 e. The summed E-state index contributed by atoms with van der Waals surface area (Å²) in [7, 11) is 0. The van der Waals surface area contributed by atoms with E-state index in [2.05, 4.69) is 5.32 Å². The van der Waals surface area contributed by atoms with Gasteiger partial charge in [0.25, 0.3) is 5.91 Å². The Morgan fingerprint density at radius 3 is 2.56 bits per heavy atom. The minimum absolute atomic E-state index is 0.239. The molecule has 1 unspecified atom stereocenters. The van der Waals surface area contributed by atoms with Crippen molar-refractivity contribution in [3.63, 3.8) is 0 Å². The van der Waals surface area contributed by atoms with E-state index < -0.39 is 24.0 Å². The summed E-state index contributed by atoms with van der Waals surface area (Å²) in [6.45, 7) is 3.40. The van der Waals surface area contributed by atoms with Gasteiger partial charge in [0.15, 0.2) is 6.10 Å². The molecule has 1 aliphatic rings. The van der Waals surface area contributed by atoms with E-state index >= 15 is 0 Å². The Hall–Kier alpha value is -4.13. The van der Waals surface area contributed by atoms with Crippen LogP contribution in [0.25, 0.3) is 11.1 Å². The number of anilines is 1. The smallest absolute Gasteiger partial charge is 0.305 e. The lowest BCUT2D eigenvalue weighted by Gasteiger charge is -2.32. The fourth-order valence-corrected chi connectivity index (χ4v) is 4.15. The number of fused-ring (bicyclic) bond motifs is 1. The van der Waals surface area contributed by atoms with Crippen LogP contribution in [0.3, 0.4) is 0 Å². The molecule has 1 aliphatic heterocycles. The second-order valence-electron chi connectivity index (χ2n) is 8.31. The third-order valence-corrected chi connectivity index (χ3v) is 5.83. The van der Waals surface area contributed by atoms with Crippen molar-refractivity contribution in [2.45, 2.75) is 32.4 Å². The predicted octanol–water partition coefficient (Wildman–Crippen LogP) is 4.11. The van der Waals surface area contributed by atoms with Crippen LogP contribution >= 0.6 is 0 Å². The Kier molecular flexibility index (Phi) is 6.63. The largest absolute Gasteiger partial charge is 0.481 e. The number of benzene rings is 3. The fraction of sp³-hybridized carbons (Fsp3) is 0.222. The summed E-state index contributed by atoms with van der Waals surface area (Å²) < 4.78 is 5.62. The molecule has 174 valence electrons. The molecular formula is C27H26N2O5. The highest BCUT2D eigenvalue weighted by Crippen LogP contribution is 2.33. The van der Waals surface area contributed by atoms with Gasteiger partial charge < -0.3 is 15.2 Å². The van der Waals surface area contributed by atoms with Crippen LogP contribution in [0.1, 0.15) is 30.5 Å². The lowest BCUT2D eigenvalue weighted by Crippen LogP contribution is -2.49. The van der Waals surface area contributed by atoms with Crippen LogP contribution in [0.5, 0.6) is 5.75 Å². The van der Waals surface area contributed by atoms with E-state index in [1.165, 1.54) is 4.90 Å². The van der Waals surface area contributed by atoms with Crippen LogP contribution < -0.4 is 15.0 Å². The number of carbonyl (C=O) groups excluding carboxylic acids is 2. The Morgan fingerprint density at radius 2 is 1.79 bits per heavy atom. The summed E-state index contributed by atoms with van der Waals surface area (Å²) in [5.74, 6) is -1.29. The molecule has 0 spiro atoms. The number of nitrogens with one attached hydrogen (secondary N) is 1. The van der Waals surface area contributed by atoms with Crippen molar-refractivity contribution in [3.8, 4) is 16.9 Å². The van der Waals surface area contributed by atoms with Gasteiger partial charge in [0.1, 0.15) is 12.3 Å². The monoisotopic (exact) mass is 458 g/mol. The number of aliphatic carboxylic acids is 1. The Morgan fingerprint density at radius 1 is 1.06 bits per heavy atom. The standard InChI is InChI=1S/C27H26N2O5/c1-17-8-3-4-11-21(17)19-9-7-10-20(14-19)22(15-26(31)32)28-25(30)16-29-23-12-5-6-13-24(23)34-18(2)27(29)33/h3-14,18,22H,15-16H2,1-2H3,(H,28,30)(H,31,32)/t18?,22-/m0/s1. The van der Waals surface area contributed by atoms with Crippen molar-refractivity contribution in [2.75, 3.05) is 11.4 Å². The van der Waals surface area contributed by atoms with E-state index in [0.29, 0.717) is 17.0 Å². The van der Waals surface area contributed by atoms with Crippen molar-refractivity contribution in [1.29, 1.82) is 0 Å². The lowest BCUT2D eigenvalue weighted by atomic mass is 9.95. The highest BCUT2D eigenvalue weighted by atomic mass is 16.5. The molecule has 0 radical (unpaired) electrons. The molecule has 4 rings (SSSR count). The van der Waals surface area contributed by atoms with Gasteiger partial charge in [-0.25, -0.2) is 0 Å². The van der Waals surface area contributed by atoms with Crippen LogP contribution in [0, 0.1) is 6.92 Å². The van der Waals surface area contributed by atoms with Crippen molar-refractivity contribution >= 4 is 23.5 Å². The second-order valence-corrected chi connectivity index (χ2v) is 8.31. The van der Waals surface area contributed by atoms with E-state index in [-0.39, 0.29) is 18.9 Å². The maximum absolute atomic E-state index is 13.0. The molecule has 3 aromatic carbocycles. The number of aryl methyl sites for hydroxylation is 1. The normalized spacial score (nSPS) is 15.8. The van der Waals surface area contributed by atoms with Crippen LogP contribution in [0.4, 0.5) is 5.69 Å². The maximum Gasteiger partial charge on any atom is 0.305 e. The van der Waals surface area contributed by atoms with Crippen molar-refractivity contribution < 1.29 is 24.2 Å². The minimum atomic E-state index is -1.03. The van der Waals surface area contributed by atoms with E-state index in [4.69, 9.17) is 4.74 Å². The molecule has 34 heavy (non-hydrogen) atoms. The molecule has 0 saturated heterocycles. The molecule has 1 heterocycles. The van der Waals surface area contributed by atoms with E-state index in [9.17, 15) is 19.5 Å². The zero-order chi connectivity index (χ0) is 24.2. The van der Waals surface area contributed by atoms with Gasteiger partial charge in [-0.05, 0) is 54.3 Å². The molecule has 0 aromatic heterocycles. The summed E-state index contributed by atoms with van der Waals surface area (Å²) >= 11 is 0. The molecule has 2 atom stereocenters. The highest BCUT2D eigenvalue weighted by molar-refractivity contribution is 6.03. The number of rotatable bonds is 7. The fourth-order valence-electron chi connectivity index (χ4n) is 4.15. The van der Waals surface area contributed by atoms with Crippen LogP contribution in [-0.4, -0.2) is 35.5 Å². The number of carboxylic acid groups (broad SMARTS) is 1. The SMILES string of the molecule is Cc1ccccc1-c1cccc([C@H](CC(=O)O)NC(=O)CN2C(=O)C(C)Oc3ccccc32)c1. The Bertz CT molecular complexity index is 1240. The molecule has 0 bridgehead atoms. The van der Waals surface area contributed by atoms with Crippen LogP contribution in [0.15, 0.2) is 72.8 Å². The van der Waals surface area contributed by atoms with Gasteiger partial charge in [-0.15, -0.1) is 0 Å². The highest BCUT2D eigenvalue weighted by Gasteiger charge is 2.33. The van der Waals surface area contributed by atoms with Crippen molar-refractivity contribution in [2.24, 2.45) is 0 Å². The molecular weight excluding hydrogens is 432 g/mol. The van der Waals surface area contributed by atoms with Crippen LogP contribution in [0.2, 0.25) is 0 Å². The zero-order valence-electron chi connectivity index (χ0n) is 19.0. The third-order valence-electron chi connectivity index (χ3n) is 5.83. The predicted molar refractivity (Wildman–Crippen MR) is 129 cm³/mol. The topological polar surface area (TPSA) is 95.9 Å². The quantitative estimate of drug-likeness (QED) is 0.556. The third kappa shape index (κ3) is 4.93. The lowest BCUT2D eigenvalue weighted by molar-refractivity contribution is -0.138. The van der Waals surface area contributed by atoms with E-state index in [1.807, 2.05) is 49.4 Å². The van der Waals surface area contributed by atoms with Gasteiger partial charge in [-0.2, -0.15) is 0 Å². The van der Waals surface area contributed by atoms with E-state index in [1.54, 1.807) is 37.3 Å². The molecule has 7 heteroatoms. The second kappa shape index (κ2) is 9.79. The molecule has 0 saturated carbocycles. The average molecular weight is 459 g/mol.